The number of rotatable bonds is 4. The first-order chi connectivity index (χ1) is 11.1. The highest BCUT2D eigenvalue weighted by Gasteiger charge is 2.37. The fourth-order valence-corrected chi connectivity index (χ4v) is 4.13. The number of carbonyl (C=O) groups excluding carboxylic acids is 1. The highest BCUT2D eigenvalue weighted by atomic mass is 16.5. The van der Waals surface area contributed by atoms with E-state index in [2.05, 4.69) is 36.5 Å². The van der Waals surface area contributed by atoms with E-state index < -0.39 is 0 Å². The Morgan fingerprint density at radius 3 is 2.70 bits per heavy atom. The van der Waals surface area contributed by atoms with Crippen LogP contribution >= 0.6 is 0 Å². The quantitative estimate of drug-likeness (QED) is 0.896. The molecule has 4 nitrogen and oxygen atoms in total. The third-order valence-electron chi connectivity index (χ3n) is 5.61. The maximum atomic E-state index is 12.5. The summed E-state index contributed by atoms with van der Waals surface area (Å²) in [6, 6.07) is 8.73. The van der Waals surface area contributed by atoms with E-state index in [1.165, 1.54) is 11.1 Å². The summed E-state index contributed by atoms with van der Waals surface area (Å²) in [4.78, 5) is 12.5. The maximum Gasteiger partial charge on any atom is 0.223 e. The van der Waals surface area contributed by atoms with Crippen molar-refractivity contribution in [3.05, 3.63) is 35.4 Å². The second-order valence-corrected chi connectivity index (χ2v) is 7.20. The molecule has 1 aliphatic heterocycles. The standard InChI is InChI=1S/C19H28N2O2/c1-14-4-2-3-5-17(14)19(8-10-23-11-9-19)13-21-18(22)15-6-7-16(20)12-15/h2-5,15-16H,6-13,20H2,1H3,(H,21,22)/t15-,16+/m1/s1. The largest absolute Gasteiger partial charge is 0.381 e. The van der Waals surface area contributed by atoms with Crippen LogP contribution < -0.4 is 11.1 Å². The first kappa shape index (κ1) is 16.5. The first-order valence-electron chi connectivity index (χ1n) is 8.78. The van der Waals surface area contributed by atoms with E-state index in [0.29, 0.717) is 6.54 Å². The Morgan fingerprint density at radius 1 is 1.30 bits per heavy atom. The minimum Gasteiger partial charge on any atom is -0.381 e. The number of aryl methyl sites for hydroxylation is 1. The molecule has 0 radical (unpaired) electrons. The molecular weight excluding hydrogens is 288 g/mol. The average molecular weight is 316 g/mol. The zero-order valence-corrected chi connectivity index (χ0v) is 14.0. The van der Waals surface area contributed by atoms with Crippen LogP contribution in [0.15, 0.2) is 24.3 Å². The fraction of sp³-hybridized carbons (Fsp3) is 0.632. The predicted octanol–water partition coefficient (Wildman–Crippen LogP) is 2.29. The molecule has 1 saturated carbocycles. The van der Waals surface area contributed by atoms with Gasteiger partial charge < -0.3 is 15.8 Å². The Labute approximate surface area is 138 Å². The van der Waals surface area contributed by atoms with Crippen molar-refractivity contribution in [3.63, 3.8) is 0 Å². The SMILES string of the molecule is Cc1ccccc1C1(CNC(=O)[C@@H]2CC[C@H](N)C2)CCOCC1. The molecule has 3 rings (SSSR count). The molecule has 3 N–H and O–H groups in total. The minimum atomic E-state index is -0.0000261. The number of nitrogens with one attached hydrogen (secondary N) is 1. The molecule has 1 amide bonds. The van der Waals surface area contributed by atoms with Gasteiger partial charge in [0, 0.05) is 37.1 Å². The van der Waals surface area contributed by atoms with Gasteiger partial charge in [0.15, 0.2) is 0 Å². The van der Waals surface area contributed by atoms with Crippen molar-refractivity contribution >= 4 is 5.91 Å². The number of amides is 1. The van der Waals surface area contributed by atoms with E-state index in [1.54, 1.807) is 0 Å². The van der Waals surface area contributed by atoms with Gasteiger partial charge in [0.05, 0.1) is 0 Å². The van der Waals surface area contributed by atoms with Crippen LogP contribution in [0.25, 0.3) is 0 Å². The van der Waals surface area contributed by atoms with Crippen molar-refractivity contribution in [2.24, 2.45) is 11.7 Å². The summed E-state index contributed by atoms with van der Waals surface area (Å²) in [6.45, 7) is 4.38. The third kappa shape index (κ3) is 3.59. The molecule has 1 saturated heterocycles. The highest BCUT2D eigenvalue weighted by Crippen LogP contribution is 2.36. The molecule has 2 fully saturated rings. The predicted molar refractivity (Wildman–Crippen MR) is 91.2 cm³/mol. The lowest BCUT2D eigenvalue weighted by Crippen LogP contribution is -2.46. The maximum absolute atomic E-state index is 12.5. The Morgan fingerprint density at radius 2 is 2.04 bits per heavy atom. The summed E-state index contributed by atoms with van der Waals surface area (Å²) in [6.07, 6.45) is 4.64. The van der Waals surface area contributed by atoms with Crippen molar-refractivity contribution in [2.75, 3.05) is 19.8 Å². The molecule has 0 bridgehead atoms. The van der Waals surface area contributed by atoms with Crippen LogP contribution in [0.5, 0.6) is 0 Å². The number of nitrogens with two attached hydrogens (primary N) is 1. The molecule has 0 spiro atoms. The van der Waals surface area contributed by atoms with Crippen molar-refractivity contribution in [1.29, 1.82) is 0 Å². The Hall–Kier alpha value is -1.39. The lowest BCUT2D eigenvalue weighted by atomic mass is 9.72. The summed E-state index contributed by atoms with van der Waals surface area (Å²) in [5.74, 6) is 0.274. The van der Waals surface area contributed by atoms with Crippen molar-refractivity contribution in [3.8, 4) is 0 Å². The van der Waals surface area contributed by atoms with Crippen LogP contribution in [0.2, 0.25) is 0 Å². The minimum absolute atomic E-state index is 0.0000261. The molecule has 1 aromatic rings. The third-order valence-corrected chi connectivity index (χ3v) is 5.61. The average Bonchev–Trinajstić information content (AvgIpc) is 3.00. The van der Waals surface area contributed by atoms with Gasteiger partial charge in [0.2, 0.25) is 5.91 Å². The van der Waals surface area contributed by atoms with E-state index in [0.717, 1.165) is 45.3 Å². The van der Waals surface area contributed by atoms with Crippen molar-refractivity contribution in [2.45, 2.75) is 50.5 Å². The molecule has 1 aromatic carbocycles. The lowest BCUT2D eigenvalue weighted by Gasteiger charge is -2.39. The van der Waals surface area contributed by atoms with E-state index >= 15 is 0 Å². The van der Waals surface area contributed by atoms with Crippen LogP contribution in [-0.2, 0) is 14.9 Å². The van der Waals surface area contributed by atoms with E-state index in [-0.39, 0.29) is 23.3 Å². The molecule has 2 atom stereocenters. The number of hydrogen-bond donors (Lipinski definition) is 2. The summed E-state index contributed by atoms with van der Waals surface area (Å²) < 4.78 is 5.58. The van der Waals surface area contributed by atoms with Gasteiger partial charge in [-0.25, -0.2) is 0 Å². The summed E-state index contributed by atoms with van der Waals surface area (Å²) in [5, 5.41) is 3.23. The van der Waals surface area contributed by atoms with Crippen LogP contribution in [0.1, 0.15) is 43.2 Å². The Bertz CT molecular complexity index is 552. The molecule has 1 aliphatic carbocycles. The Kier molecular flexibility index (Phi) is 5.02. The van der Waals surface area contributed by atoms with Gasteiger partial charge in [-0.2, -0.15) is 0 Å². The smallest absolute Gasteiger partial charge is 0.223 e. The lowest BCUT2D eigenvalue weighted by molar-refractivity contribution is -0.125. The van der Waals surface area contributed by atoms with Crippen LogP contribution in [0.3, 0.4) is 0 Å². The summed E-state index contributed by atoms with van der Waals surface area (Å²) in [7, 11) is 0. The molecule has 126 valence electrons. The molecule has 1 heterocycles. The topological polar surface area (TPSA) is 64.4 Å². The van der Waals surface area contributed by atoms with E-state index in [9.17, 15) is 4.79 Å². The van der Waals surface area contributed by atoms with E-state index in [1.807, 2.05) is 0 Å². The van der Waals surface area contributed by atoms with Gasteiger partial charge in [-0.15, -0.1) is 0 Å². The van der Waals surface area contributed by atoms with Gasteiger partial charge in [-0.3, -0.25) is 4.79 Å². The van der Waals surface area contributed by atoms with Gasteiger partial charge in [0.25, 0.3) is 0 Å². The molecule has 4 heteroatoms. The van der Waals surface area contributed by atoms with Crippen molar-refractivity contribution < 1.29 is 9.53 Å². The Balaban J connectivity index is 1.72. The van der Waals surface area contributed by atoms with Gasteiger partial charge in [-0.05, 0) is 50.2 Å². The molecular formula is C19H28N2O2. The second-order valence-electron chi connectivity index (χ2n) is 7.20. The van der Waals surface area contributed by atoms with E-state index in [4.69, 9.17) is 10.5 Å². The normalized spacial score (nSPS) is 26.9. The highest BCUT2D eigenvalue weighted by molar-refractivity contribution is 5.79. The molecule has 2 aliphatic rings. The molecule has 0 aromatic heterocycles. The monoisotopic (exact) mass is 316 g/mol. The zero-order chi connectivity index (χ0) is 16.3. The number of carbonyl (C=O) groups is 1. The second kappa shape index (κ2) is 7.02. The molecule has 0 unspecified atom stereocenters. The van der Waals surface area contributed by atoms with Gasteiger partial charge >= 0.3 is 0 Å². The number of benzene rings is 1. The first-order valence-corrected chi connectivity index (χ1v) is 8.78. The fourth-order valence-electron chi connectivity index (χ4n) is 4.13. The van der Waals surface area contributed by atoms with Crippen molar-refractivity contribution in [1.82, 2.24) is 5.32 Å². The number of hydrogen-bond acceptors (Lipinski definition) is 3. The van der Waals surface area contributed by atoms with Gasteiger partial charge in [-0.1, -0.05) is 24.3 Å². The van der Waals surface area contributed by atoms with Crippen LogP contribution in [0.4, 0.5) is 0 Å². The summed E-state index contributed by atoms with van der Waals surface area (Å²) in [5.41, 5.74) is 8.59. The van der Waals surface area contributed by atoms with Crippen LogP contribution in [-0.4, -0.2) is 31.7 Å². The van der Waals surface area contributed by atoms with Crippen LogP contribution in [0, 0.1) is 12.8 Å². The number of ether oxygens (including phenoxy) is 1. The zero-order valence-electron chi connectivity index (χ0n) is 14.0. The van der Waals surface area contributed by atoms with Gasteiger partial charge in [0.1, 0.15) is 0 Å². The molecule has 23 heavy (non-hydrogen) atoms. The summed E-state index contributed by atoms with van der Waals surface area (Å²) >= 11 is 0.